The van der Waals surface area contributed by atoms with Gasteiger partial charge < -0.3 is 15.8 Å². The van der Waals surface area contributed by atoms with Crippen LogP contribution in [-0.4, -0.2) is 32.2 Å². The van der Waals surface area contributed by atoms with Crippen molar-refractivity contribution in [2.24, 2.45) is 5.73 Å². The quantitative estimate of drug-likeness (QED) is 0.543. The molecule has 1 rings (SSSR count). The van der Waals surface area contributed by atoms with Gasteiger partial charge >= 0.3 is 12.5 Å². The summed E-state index contributed by atoms with van der Waals surface area (Å²) in [6.07, 6.45) is -6.69. The molecule has 0 unspecified atom stereocenters. The van der Waals surface area contributed by atoms with Crippen LogP contribution in [0.15, 0.2) is 24.3 Å². The van der Waals surface area contributed by atoms with E-state index in [-0.39, 0.29) is 5.75 Å². The lowest BCUT2D eigenvalue weighted by Gasteiger charge is -2.16. The smallest absolute Gasteiger partial charge is 0.428 e. The number of alkyl halides is 4. The molecular formula is C13H18F4N2O. The topological polar surface area (TPSA) is 47.3 Å². The molecule has 0 saturated heterocycles. The van der Waals surface area contributed by atoms with E-state index in [4.69, 9.17) is 5.73 Å². The Kier molecular flexibility index (Phi) is 6.74. The highest BCUT2D eigenvalue weighted by Crippen LogP contribution is 2.27. The van der Waals surface area contributed by atoms with Gasteiger partial charge in [-0.25, -0.2) is 0 Å². The van der Waals surface area contributed by atoms with Crippen LogP contribution in [0.2, 0.25) is 0 Å². The minimum absolute atomic E-state index is 0.277. The highest BCUT2D eigenvalue weighted by atomic mass is 19.3. The molecule has 0 aromatic heterocycles. The number of rotatable bonds is 9. The molecule has 114 valence electrons. The second-order valence-electron chi connectivity index (χ2n) is 4.25. The highest BCUT2D eigenvalue weighted by Gasteiger charge is 2.43. The minimum atomic E-state index is -4.46. The molecular weight excluding hydrogens is 276 g/mol. The van der Waals surface area contributed by atoms with Crippen LogP contribution >= 0.6 is 0 Å². The van der Waals surface area contributed by atoms with Crippen molar-refractivity contribution < 1.29 is 22.3 Å². The Balaban J connectivity index is 2.40. The molecule has 0 fully saturated rings. The molecule has 1 aromatic rings. The minimum Gasteiger partial charge on any atom is -0.428 e. The number of nitrogens with one attached hydrogen (secondary N) is 1. The molecule has 20 heavy (non-hydrogen) atoms. The van der Waals surface area contributed by atoms with Crippen molar-refractivity contribution in [2.45, 2.75) is 25.4 Å². The van der Waals surface area contributed by atoms with Crippen LogP contribution in [0.5, 0.6) is 5.75 Å². The van der Waals surface area contributed by atoms with Gasteiger partial charge in [0.1, 0.15) is 5.75 Å². The first-order valence-electron chi connectivity index (χ1n) is 6.30. The fraction of sp³-hybridized carbons (Fsp3) is 0.538. The van der Waals surface area contributed by atoms with E-state index < -0.39 is 12.5 Å². The molecule has 0 heterocycles. The number of aryl methyl sites for hydroxylation is 1. The van der Waals surface area contributed by atoms with Crippen molar-refractivity contribution in [1.82, 2.24) is 5.32 Å². The average Bonchev–Trinajstić information content (AvgIpc) is 2.40. The molecule has 1 aromatic carbocycles. The Hall–Kier alpha value is -1.34. The van der Waals surface area contributed by atoms with Crippen molar-refractivity contribution in [2.75, 3.05) is 19.6 Å². The van der Waals surface area contributed by atoms with Gasteiger partial charge in [0.15, 0.2) is 0 Å². The maximum absolute atomic E-state index is 12.7. The molecule has 0 aliphatic heterocycles. The first-order chi connectivity index (χ1) is 9.45. The van der Waals surface area contributed by atoms with E-state index >= 15 is 0 Å². The first-order valence-corrected chi connectivity index (χ1v) is 6.30. The Labute approximate surface area is 115 Å². The fourth-order valence-electron chi connectivity index (χ4n) is 1.57. The fourth-order valence-corrected chi connectivity index (χ4v) is 1.57. The van der Waals surface area contributed by atoms with Crippen molar-refractivity contribution in [3.05, 3.63) is 29.8 Å². The summed E-state index contributed by atoms with van der Waals surface area (Å²) in [4.78, 5) is 0. The number of nitrogens with two attached hydrogens (primary N) is 1. The first kappa shape index (κ1) is 16.7. The van der Waals surface area contributed by atoms with Crippen molar-refractivity contribution in [3.63, 3.8) is 0 Å². The predicted molar refractivity (Wildman–Crippen MR) is 68.3 cm³/mol. The zero-order chi connectivity index (χ0) is 15.0. The molecule has 0 bridgehead atoms. The number of benzene rings is 1. The second kappa shape index (κ2) is 8.06. The maximum Gasteiger partial charge on any atom is 0.461 e. The third-order valence-electron chi connectivity index (χ3n) is 2.57. The summed E-state index contributed by atoms with van der Waals surface area (Å²) in [7, 11) is 0. The molecule has 3 N–H and O–H groups in total. The van der Waals surface area contributed by atoms with E-state index in [9.17, 15) is 17.6 Å². The molecule has 7 heteroatoms. The number of hydrogen-bond acceptors (Lipinski definition) is 3. The molecule has 0 radical (unpaired) electrons. The van der Waals surface area contributed by atoms with Crippen molar-refractivity contribution in [1.29, 1.82) is 0 Å². The van der Waals surface area contributed by atoms with Crippen LogP contribution in [0, 0.1) is 0 Å². The van der Waals surface area contributed by atoms with Gasteiger partial charge in [-0.15, -0.1) is 0 Å². The van der Waals surface area contributed by atoms with Crippen LogP contribution in [0.4, 0.5) is 17.6 Å². The van der Waals surface area contributed by atoms with Gasteiger partial charge in [0, 0.05) is 13.1 Å². The summed E-state index contributed by atoms with van der Waals surface area (Å²) in [5.41, 5.74) is 6.24. The molecule has 0 atom stereocenters. The van der Waals surface area contributed by atoms with Gasteiger partial charge in [-0.3, -0.25) is 0 Å². The average molecular weight is 294 g/mol. The van der Waals surface area contributed by atoms with Gasteiger partial charge in [-0.1, -0.05) is 12.1 Å². The molecule has 0 amide bonds. The zero-order valence-electron chi connectivity index (χ0n) is 10.9. The van der Waals surface area contributed by atoms with E-state index in [0.29, 0.717) is 6.54 Å². The standard InChI is InChI=1S/C13H18F4N2O/c14-12(15)13(16,17)20-11-5-3-10(4-6-11)2-1-8-19-9-7-18/h3-6,12,19H,1-2,7-9,18H2. The number of halogens is 4. The van der Waals surface area contributed by atoms with Gasteiger partial charge in [0.2, 0.25) is 0 Å². The summed E-state index contributed by atoms with van der Waals surface area (Å²) in [5, 5.41) is 3.13. The number of hydrogen-bond donors (Lipinski definition) is 2. The molecule has 0 aliphatic carbocycles. The van der Waals surface area contributed by atoms with Crippen molar-refractivity contribution >= 4 is 0 Å². The summed E-state index contributed by atoms with van der Waals surface area (Å²) in [6, 6.07) is 5.69. The van der Waals surface area contributed by atoms with Crippen LogP contribution in [0.1, 0.15) is 12.0 Å². The highest BCUT2D eigenvalue weighted by molar-refractivity contribution is 5.27. The van der Waals surface area contributed by atoms with E-state index in [2.05, 4.69) is 10.1 Å². The summed E-state index contributed by atoms with van der Waals surface area (Å²) in [5.74, 6) is -0.277. The van der Waals surface area contributed by atoms with E-state index in [1.165, 1.54) is 12.1 Å². The summed E-state index contributed by atoms with van der Waals surface area (Å²) >= 11 is 0. The molecule has 0 aliphatic rings. The normalized spacial score (nSPS) is 11.9. The molecule has 0 spiro atoms. The Morgan fingerprint density at radius 1 is 1.15 bits per heavy atom. The van der Waals surface area contributed by atoms with Gasteiger partial charge in [0.05, 0.1) is 0 Å². The van der Waals surface area contributed by atoms with Gasteiger partial charge in [-0.05, 0) is 37.1 Å². The SMILES string of the molecule is NCCNCCCc1ccc(OC(F)(F)C(F)F)cc1. The molecule has 0 saturated carbocycles. The Morgan fingerprint density at radius 2 is 1.80 bits per heavy atom. The Morgan fingerprint density at radius 3 is 2.35 bits per heavy atom. The summed E-state index contributed by atoms with van der Waals surface area (Å²) in [6.45, 7) is 2.12. The lowest BCUT2D eigenvalue weighted by Crippen LogP contribution is -2.33. The van der Waals surface area contributed by atoms with E-state index in [1.807, 2.05) is 0 Å². The van der Waals surface area contributed by atoms with E-state index in [0.717, 1.165) is 31.5 Å². The van der Waals surface area contributed by atoms with Gasteiger partial charge in [0.25, 0.3) is 0 Å². The van der Waals surface area contributed by atoms with Crippen LogP contribution in [0.25, 0.3) is 0 Å². The zero-order valence-corrected chi connectivity index (χ0v) is 10.9. The van der Waals surface area contributed by atoms with E-state index in [1.54, 1.807) is 12.1 Å². The van der Waals surface area contributed by atoms with Crippen molar-refractivity contribution in [3.8, 4) is 5.75 Å². The lowest BCUT2D eigenvalue weighted by atomic mass is 10.1. The number of ether oxygens (including phenoxy) is 1. The predicted octanol–water partition coefficient (Wildman–Crippen LogP) is 2.40. The third kappa shape index (κ3) is 5.75. The maximum atomic E-state index is 12.7. The molecule has 3 nitrogen and oxygen atoms in total. The largest absolute Gasteiger partial charge is 0.461 e. The van der Waals surface area contributed by atoms with Crippen LogP contribution in [0.3, 0.4) is 0 Å². The monoisotopic (exact) mass is 294 g/mol. The third-order valence-corrected chi connectivity index (χ3v) is 2.57. The second-order valence-corrected chi connectivity index (χ2v) is 4.25. The van der Waals surface area contributed by atoms with Gasteiger partial charge in [-0.2, -0.15) is 17.6 Å². The Bertz CT molecular complexity index is 384. The van der Waals surface area contributed by atoms with Crippen LogP contribution < -0.4 is 15.8 Å². The van der Waals surface area contributed by atoms with Crippen LogP contribution in [-0.2, 0) is 6.42 Å². The lowest BCUT2D eigenvalue weighted by molar-refractivity contribution is -0.253. The summed E-state index contributed by atoms with van der Waals surface area (Å²) < 4.78 is 53.2.